The molecule has 10 heteroatoms. The van der Waals surface area contributed by atoms with Crippen LogP contribution in [0.15, 0.2) is 35.2 Å². The van der Waals surface area contributed by atoms with Gasteiger partial charge in [-0.2, -0.15) is 13.2 Å². The Balaban J connectivity index is 1.81. The maximum absolute atomic E-state index is 13.1. The minimum absolute atomic E-state index is 0.0312. The summed E-state index contributed by atoms with van der Waals surface area (Å²) in [6.45, 7) is 1.58. The van der Waals surface area contributed by atoms with Gasteiger partial charge in [-0.1, -0.05) is 18.2 Å². The third-order valence-corrected chi connectivity index (χ3v) is 7.15. The maximum Gasteiger partial charge on any atom is 0.433 e. The van der Waals surface area contributed by atoms with Crippen molar-refractivity contribution in [1.29, 1.82) is 0 Å². The Bertz CT molecular complexity index is 977. The van der Waals surface area contributed by atoms with Crippen LogP contribution in [0.4, 0.5) is 13.2 Å². The van der Waals surface area contributed by atoms with Gasteiger partial charge in [-0.3, -0.25) is 4.79 Å². The SMILES string of the molecule is C[C@@H](Sc1cc(C(F)(F)F)nc2ccccc12)C(=O)N[C@H]1CCS(=O)(=O)C1. The second kappa shape index (κ2) is 7.31. The molecule has 2 atom stereocenters. The van der Waals surface area contributed by atoms with Crippen LogP contribution >= 0.6 is 11.8 Å². The van der Waals surface area contributed by atoms with Crippen LogP contribution in [0, 0.1) is 0 Å². The molecule has 0 radical (unpaired) electrons. The number of carbonyl (C=O) groups excluding carboxylic acids is 1. The third-order valence-electron chi connectivity index (χ3n) is 4.22. The highest BCUT2D eigenvalue weighted by Gasteiger charge is 2.34. The molecule has 5 nitrogen and oxygen atoms in total. The number of benzene rings is 1. The Morgan fingerprint density at radius 1 is 1.33 bits per heavy atom. The molecule has 0 bridgehead atoms. The zero-order chi connectivity index (χ0) is 19.8. The fourth-order valence-electron chi connectivity index (χ4n) is 2.86. The lowest BCUT2D eigenvalue weighted by Gasteiger charge is -2.17. The molecule has 27 heavy (non-hydrogen) atoms. The number of rotatable bonds is 4. The lowest BCUT2D eigenvalue weighted by molar-refractivity contribution is -0.141. The zero-order valence-corrected chi connectivity index (χ0v) is 15.9. The van der Waals surface area contributed by atoms with Gasteiger partial charge in [0.05, 0.1) is 22.3 Å². The number of thioether (sulfide) groups is 1. The summed E-state index contributed by atoms with van der Waals surface area (Å²) in [5, 5.41) is 2.50. The monoisotopic (exact) mass is 418 g/mol. The first-order chi connectivity index (χ1) is 12.5. The fraction of sp³-hybridized carbons (Fsp3) is 0.412. The maximum atomic E-state index is 13.1. The van der Waals surface area contributed by atoms with Gasteiger partial charge in [-0.15, -0.1) is 11.8 Å². The summed E-state index contributed by atoms with van der Waals surface area (Å²) in [6, 6.07) is 6.92. The van der Waals surface area contributed by atoms with Gasteiger partial charge >= 0.3 is 6.18 Å². The summed E-state index contributed by atoms with van der Waals surface area (Å²) >= 11 is 0.993. The van der Waals surface area contributed by atoms with Crippen LogP contribution in [0.2, 0.25) is 0 Å². The summed E-state index contributed by atoms with van der Waals surface area (Å²) in [4.78, 5) is 16.3. The van der Waals surface area contributed by atoms with Gasteiger partial charge in [0.2, 0.25) is 5.91 Å². The zero-order valence-electron chi connectivity index (χ0n) is 14.3. The van der Waals surface area contributed by atoms with Gasteiger partial charge in [0.1, 0.15) is 5.69 Å². The number of amides is 1. The average Bonchev–Trinajstić information content (AvgIpc) is 2.92. The van der Waals surface area contributed by atoms with Crippen LogP contribution in [0.3, 0.4) is 0 Å². The molecule has 1 aliphatic heterocycles. The number of aromatic nitrogens is 1. The molecular formula is C17H17F3N2O3S2. The summed E-state index contributed by atoms with van der Waals surface area (Å²) in [6.07, 6.45) is -4.25. The lowest BCUT2D eigenvalue weighted by Crippen LogP contribution is -2.39. The molecule has 146 valence electrons. The van der Waals surface area contributed by atoms with Crippen molar-refractivity contribution in [2.24, 2.45) is 0 Å². The molecule has 1 N–H and O–H groups in total. The predicted octanol–water partition coefficient (Wildman–Crippen LogP) is 3.04. The van der Waals surface area contributed by atoms with E-state index in [9.17, 15) is 26.4 Å². The van der Waals surface area contributed by atoms with E-state index in [4.69, 9.17) is 0 Å². The Hall–Kier alpha value is -1.81. The number of pyridine rings is 1. The van der Waals surface area contributed by atoms with Crippen LogP contribution in [-0.2, 0) is 20.8 Å². The molecule has 1 aliphatic rings. The molecule has 1 aromatic heterocycles. The highest BCUT2D eigenvalue weighted by atomic mass is 32.2. The number of nitrogens with one attached hydrogen (secondary N) is 1. The fourth-order valence-corrected chi connectivity index (χ4v) is 5.57. The largest absolute Gasteiger partial charge is 0.433 e. The number of carbonyl (C=O) groups is 1. The minimum Gasteiger partial charge on any atom is -0.351 e. The molecule has 1 amide bonds. The average molecular weight is 418 g/mol. The molecule has 0 spiro atoms. The van der Waals surface area contributed by atoms with E-state index in [2.05, 4.69) is 10.3 Å². The van der Waals surface area contributed by atoms with Crippen LogP contribution in [0.1, 0.15) is 19.0 Å². The van der Waals surface area contributed by atoms with Crippen LogP contribution in [-0.4, -0.2) is 42.1 Å². The smallest absolute Gasteiger partial charge is 0.351 e. The van der Waals surface area contributed by atoms with E-state index in [1.807, 2.05) is 0 Å². The highest BCUT2D eigenvalue weighted by molar-refractivity contribution is 8.00. The number of alkyl halides is 3. The first kappa shape index (κ1) is 19.9. The van der Waals surface area contributed by atoms with Gasteiger partial charge in [0.25, 0.3) is 0 Å². The number of hydrogen-bond donors (Lipinski definition) is 1. The van der Waals surface area contributed by atoms with Gasteiger partial charge in [-0.25, -0.2) is 13.4 Å². The molecule has 1 saturated heterocycles. The molecule has 2 heterocycles. The molecule has 3 rings (SSSR count). The number of sulfone groups is 1. The van der Waals surface area contributed by atoms with E-state index in [0.717, 1.165) is 17.8 Å². The van der Waals surface area contributed by atoms with Gasteiger partial charge in [0, 0.05) is 16.3 Å². The Morgan fingerprint density at radius 2 is 2.04 bits per heavy atom. The number of hydrogen-bond acceptors (Lipinski definition) is 5. The van der Waals surface area contributed by atoms with Gasteiger partial charge in [-0.05, 0) is 25.5 Å². The van der Waals surface area contributed by atoms with Crippen LogP contribution in [0.5, 0.6) is 0 Å². The summed E-state index contributed by atoms with van der Waals surface area (Å²) in [5.41, 5.74) is -0.817. The van der Waals surface area contributed by atoms with Crippen molar-refractivity contribution in [3.8, 4) is 0 Å². The van der Waals surface area contributed by atoms with E-state index in [1.54, 1.807) is 25.1 Å². The van der Waals surface area contributed by atoms with Crippen molar-refractivity contribution in [1.82, 2.24) is 10.3 Å². The number of fused-ring (bicyclic) bond motifs is 1. The summed E-state index contributed by atoms with van der Waals surface area (Å²) in [5.74, 6) is -0.479. The van der Waals surface area contributed by atoms with Crippen LogP contribution < -0.4 is 5.32 Å². The van der Waals surface area contributed by atoms with Crippen molar-refractivity contribution >= 4 is 38.4 Å². The second-order valence-corrected chi connectivity index (χ2v) is 10.0. The summed E-state index contributed by atoms with van der Waals surface area (Å²) in [7, 11) is -3.13. The van der Waals surface area contributed by atoms with E-state index in [-0.39, 0.29) is 17.0 Å². The number of nitrogens with zero attached hydrogens (tertiary/aromatic N) is 1. The second-order valence-electron chi connectivity index (χ2n) is 6.39. The van der Waals surface area contributed by atoms with Crippen molar-refractivity contribution < 1.29 is 26.4 Å². The topological polar surface area (TPSA) is 76.1 Å². The van der Waals surface area contributed by atoms with Gasteiger partial charge < -0.3 is 5.32 Å². The molecule has 1 fully saturated rings. The first-order valence-corrected chi connectivity index (χ1v) is 10.9. The molecule has 0 saturated carbocycles. The Kier molecular flexibility index (Phi) is 5.40. The Labute approximate surface area is 158 Å². The van der Waals surface area contributed by atoms with E-state index in [0.29, 0.717) is 16.7 Å². The van der Waals surface area contributed by atoms with E-state index >= 15 is 0 Å². The van der Waals surface area contributed by atoms with Crippen molar-refractivity contribution in [3.05, 3.63) is 36.0 Å². The molecule has 2 aromatic rings. The lowest BCUT2D eigenvalue weighted by atomic mass is 10.2. The van der Waals surface area contributed by atoms with E-state index in [1.165, 1.54) is 6.07 Å². The first-order valence-electron chi connectivity index (χ1n) is 8.19. The standard InChI is InChI=1S/C17H17F3N2O3S2/c1-10(16(23)21-11-6-7-27(24,25)9-11)26-14-8-15(17(18,19)20)22-13-5-3-2-4-12(13)14/h2-5,8,10-11H,6-7,9H2,1H3,(H,21,23)/t10-,11+/m1/s1. The third kappa shape index (κ3) is 4.73. The van der Waals surface area contributed by atoms with Crippen molar-refractivity contribution in [2.75, 3.05) is 11.5 Å². The predicted molar refractivity (Wildman–Crippen MR) is 97.3 cm³/mol. The Morgan fingerprint density at radius 3 is 2.67 bits per heavy atom. The molecule has 1 aromatic carbocycles. The van der Waals surface area contributed by atoms with Crippen LogP contribution in [0.25, 0.3) is 10.9 Å². The van der Waals surface area contributed by atoms with Crippen molar-refractivity contribution in [2.45, 2.75) is 35.7 Å². The van der Waals surface area contributed by atoms with Crippen molar-refractivity contribution in [3.63, 3.8) is 0 Å². The normalized spacial score (nSPS) is 20.5. The highest BCUT2D eigenvalue weighted by Crippen LogP contribution is 2.36. The minimum atomic E-state index is -4.59. The quantitative estimate of drug-likeness (QED) is 0.773. The number of halogens is 3. The van der Waals surface area contributed by atoms with Gasteiger partial charge in [0.15, 0.2) is 9.84 Å². The molecule has 0 unspecified atom stereocenters. The molecule has 0 aliphatic carbocycles. The summed E-state index contributed by atoms with van der Waals surface area (Å²) < 4.78 is 62.4. The van der Waals surface area contributed by atoms with E-state index < -0.39 is 38.9 Å². The number of para-hydroxylation sites is 1. The molecular weight excluding hydrogens is 401 g/mol.